The molecular formula is C21H23N3O5. The Hall–Kier alpha value is -3.26. The topological polar surface area (TPSA) is 90.4 Å². The summed E-state index contributed by atoms with van der Waals surface area (Å²) in [5.41, 5.74) is 1.20. The van der Waals surface area contributed by atoms with Gasteiger partial charge in [0, 0.05) is 23.9 Å². The van der Waals surface area contributed by atoms with Gasteiger partial charge in [0.05, 0.1) is 19.8 Å². The van der Waals surface area contributed by atoms with Gasteiger partial charge < -0.3 is 24.3 Å². The van der Waals surface area contributed by atoms with Crippen LogP contribution in [0.1, 0.15) is 23.2 Å². The molecule has 2 aliphatic heterocycles. The Kier molecular flexibility index (Phi) is 5.81. The molecule has 0 unspecified atom stereocenters. The van der Waals surface area contributed by atoms with Crippen molar-refractivity contribution in [1.29, 1.82) is 0 Å². The minimum absolute atomic E-state index is 0.0669. The lowest BCUT2D eigenvalue weighted by Crippen LogP contribution is -2.36. The summed E-state index contributed by atoms with van der Waals surface area (Å²) in [6.07, 6.45) is 2.06. The van der Waals surface area contributed by atoms with E-state index in [-0.39, 0.29) is 18.8 Å². The highest BCUT2D eigenvalue weighted by Gasteiger charge is 2.18. The molecule has 1 saturated heterocycles. The van der Waals surface area contributed by atoms with E-state index >= 15 is 0 Å². The van der Waals surface area contributed by atoms with Crippen LogP contribution >= 0.6 is 0 Å². The normalized spacial score (nSPS) is 17.8. The van der Waals surface area contributed by atoms with Crippen LogP contribution in [-0.2, 0) is 4.74 Å². The monoisotopic (exact) mass is 397 g/mol. The van der Waals surface area contributed by atoms with Crippen LogP contribution in [0.15, 0.2) is 47.5 Å². The maximum Gasteiger partial charge on any atom is 0.258 e. The van der Waals surface area contributed by atoms with Gasteiger partial charge >= 0.3 is 0 Å². The summed E-state index contributed by atoms with van der Waals surface area (Å²) in [5.74, 6) is 2.00. The van der Waals surface area contributed by atoms with Crippen LogP contribution in [-0.4, -0.2) is 45.0 Å². The number of nitrogens with zero attached hydrogens (tertiary/aromatic N) is 1. The predicted molar refractivity (Wildman–Crippen MR) is 108 cm³/mol. The summed E-state index contributed by atoms with van der Waals surface area (Å²) in [5, 5.41) is 6.00. The first-order chi connectivity index (χ1) is 14.2. The van der Waals surface area contributed by atoms with Crippen molar-refractivity contribution in [3.8, 4) is 17.2 Å². The maximum absolute atomic E-state index is 12.7. The van der Waals surface area contributed by atoms with Gasteiger partial charge in [-0.25, -0.2) is 4.99 Å². The van der Waals surface area contributed by atoms with Crippen LogP contribution in [0.4, 0.5) is 5.69 Å². The molecule has 0 aliphatic carbocycles. The highest BCUT2D eigenvalue weighted by Crippen LogP contribution is 2.34. The summed E-state index contributed by atoms with van der Waals surface area (Å²) in [6.45, 7) is 1.41. The molecule has 2 aliphatic rings. The van der Waals surface area contributed by atoms with Crippen LogP contribution in [0.3, 0.4) is 0 Å². The second kappa shape index (κ2) is 8.83. The van der Waals surface area contributed by atoms with Crippen LogP contribution in [0.2, 0.25) is 0 Å². The van der Waals surface area contributed by atoms with Crippen molar-refractivity contribution in [3.05, 3.63) is 48.0 Å². The third kappa shape index (κ3) is 4.78. The van der Waals surface area contributed by atoms with Gasteiger partial charge in [0.2, 0.25) is 12.8 Å². The van der Waals surface area contributed by atoms with Crippen molar-refractivity contribution in [2.24, 2.45) is 4.99 Å². The van der Waals surface area contributed by atoms with Crippen molar-refractivity contribution < 1.29 is 23.7 Å². The van der Waals surface area contributed by atoms with Gasteiger partial charge in [-0.15, -0.1) is 0 Å². The average molecular weight is 397 g/mol. The zero-order valence-corrected chi connectivity index (χ0v) is 16.1. The number of guanidine groups is 1. The average Bonchev–Trinajstić information content (AvgIpc) is 3.43. The number of carbonyl (C=O) groups excluding carboxylic acids is 1. The Balaban J connectivity index is 1.51. The molecule has 8 heteroatoms. The third-order valence-corrected chi connectivity index (χ3v) is 4.68. The fraction of sp³-hybridized carbons (Fsp3) is 0.333. The first kappa shape index (κ1) is 19.1. The molecule has 0 spiro atoms. The molecule has 1 amide bonds. The van der Waals surface area contributed by atoms with Crippen molar-refractivity contribution in [2.75, 3.05) is 32.4 Å². The quantitative estimate of drug-likeness (QED) is 0.596. The van der Waals surface area contributed by atoms with E-state index in [0.29, 0.717) is 35.3 Å². The number of rotatable bonds is 5. The van der Waals surface area contributed by atoms with E-state index in [9.17, 15) is 4.79 Å². The molecule has 1 fully saturated rings. The van der Waals surface area contributed by atoms with Gasteiger partial charge in [-0.2, -0.15) is 0 Å². The summed E-state index contributed by atoms with van der Waals surface area (Å²) in [4.78, 5) is 17.3. The summed E-state index contributed by atoms with van der Waals surface area (Å²) in [6, 6.07) is 12.4. The summed E-state index contributed by atoms with van der Waals surface area (Å²) >= 11 is 0. The molecule has 4 rings (SSSR count). The number of anilines is 1. The molecular weight excluding hydrogens is 374 g/mol. The number of fused-ring (bicyclic) bond motifs is 1. The molecule has 2 aromatic carbocycles. The molecule has 2 N–H and O–H groups in total. The third-order valence-electron chi connectivity index (χ3n) is 4.68. The van der Waals surface area contributed by atoms with Crippen LogP contribution < -0.4 is 24.8 Å². The molecule has 0 bridgehead atoms. The van der Waals surface area contributed by atoms with E-state index in [4.69, 9.17) is 18.9 Å². The number of nitrogens with one attached hydrogen (secondary N) is 2. The second-order valence-electron chi connectivity index (χ2n) is 6.70. The predicted octanol–water partition coefficient (Wildman–Crippen LogP) is 2.80. The standard InChI is InChI=1S/C21H23N3O5/c1-26-16-5-2-4-14(10-16)20(25)24-21(22-12-17-6-3-9-27-17)23-15-7-8-18-19(11-15)29-13-28-18/h2,4-5,7-8,10-11,17H,3,6,9,12-13H2,1H3,(H2,22,23,24,25)/t17-/m0/s1. The lowest BCUT2D eigenvalue weighted by molar-refractivity contribution is 0.0975. The van der Waals surface area contributed by atoms with Crippen LogP contribution in [0.5, 0.6) is 17.2 Å². The van der Waals surface area contributed by atoms with Gasteiger partial charge in [0.1, 0.15) is 5.75 Å². The Bertz CT molecular complexity index is 909. The summed E-state index contributed by atoms with van der Waals surface area (Å²) < 4.78 is 21.6. The zero-order chi connectivity index (χ0) is 20.1. The number of amides is 1. The molecule has 0 radical (unpaired) electrons. The number of aliphatic imine (C=N–C) groups is 1. The number of ether oxygens (including phenoxy) is 4. The number of carbonyl (C=O) groups is 1. The van der Waals surface area contributed by atoms with Crippen molar-refractivity contribution in [3.63, 3.8) is 0 Å². The van der Waals surface area contributed by atoms with Crippen LogP contribution in [0.25, 0.3) is 0 Å². The van der Waals surface area contributed by atoms with Crippen molar-refractivity contribution >= 4 is 17.6 Å². The molecule has 8 nitrogen and oxygen atoms in total. The fourth-order valence-electron chi connectivity index (χ4n) is 3.15. The summed E-state index contributed by atoms with van der Waals surface area (Å²) in [7, 11) is 1.56. The van der Waals surface area contributed by atoms with E-state index in [2.05, 4.69) is 15.6 Å². The van der Waals surface area contributed by atoms with Crippen molar-refractivity contribution in [2.45, 2.75) is 18.9 Å². The highest BCUT2D eigenvalue weighted by atomic mass is 16.7. The van der Waals surface area contributed by atoms with Gasteiger partial charge in [0.25, 0.3) is 5.91 Å². The Morgan fingerprint density at radius 2 is 2.10 bits per heavy atom. The lowest BCUT2D eigenvalue weighted by Gasteiger charge is -2.14. The minimum atomic E-state index is -0.289. The SMILES string of the molecule is COc1cccc(C(=O)NC(=NC[C@@H]2CCCO2)Nc2ccc3c(c2)OCO3)c1. The number of benzene rings is 2. The highest BCUT2D eigenvalue weighted by molar-refractivity contribution is 6.10. The Morgan fingerprint density at radius 1 is 1.21 bits per heavy atom. The smallest absolute Gasteiger partial charge is 0.258 e. The lowest BCUT2D eigenvalue weighted by atomic mass is 10.2. The van der Waals surface area contributed by atoms with Gasteiger partial charge in [-0.1, -0.05) is 6.07 Å². The van der Waals surface area contributed by atoms with E-state index in [1.165, 1.54) is 0 Å². The molecule has 0 aromatic heterocycles. The fourth-order valence-corrected chi connectivity index (χ4v) is 3.15. The van der Waals surface area contributed by atoms with E-state index in [1.807, 2.05) is 18.2 Å². The number of hydrogen-bond acceptors (Lipinski definition) is 6. The van der Waals surface area contributed by atoms with Gasteiger partial charge in [-0.05, 0) is 43.2 Å². The molecule has 2 heterocycles. The Labute approximate surface area is 168 Å². The Morgan fingerprint density at radius 3 is 2.93 bits per heavy atom. The van der Waals surface area contributed by atoms with E-state index in [0.717, 1.165) is 25.1 Å². The zero-order valence-electron chi connectivity index (χ0n) is 16.1. The second-order valence-corrected chi connectivity index (χ2v) is 6.70. The molecule has 29 heavy (non-hydrogen) atoms. The van der Waals surface area contributed by atoms with Crippen molar-refractivity contribution in [1.82, 2.24) is 5.32 Å². The van der Waals surface area contributed by atoms with Crippen LogP contribution in [0, 0.1) is 0 Å². The molecule has 1 atom stereocenters. The number of hydrogen-bond donors (Lipinski definition) is 2. The molecule has 0 saturated carbocycles. The molecule has 152 valence electrons. The first-order valence-electron chi connectivity index (χ1n) is 9.49. The largest absolute Gasteiger partial charge is 0.497 e. The van der Waals surface area contributed by atoms with E-state index in [1.54, 1.807) is 31.4 Å². The van der Waals surface area contributed by atoms with E-state index < -0.39 is 0 Å². The first-order valence-corrected chi connectivity index (χ1v) is 9.49. The van der Waals surface area contributed by atoms with Gasteiger partial charge in [-0.3, -0.25) is 10.1 Å². The number of methoxy groups -OCH3 is 1. The van der Waals surface area contributed by atoms with Gasteiger partial charge in [0.15, 0.2) is 11.5 Å². The maximum atomic E-state index is 12.7. The molecule has 2 aromatic rings. The minimum Gasteiger partial charge on any atom is -0.497 e.